The molecular formula is C28H23N9O. The quantitative estimate of drug-likeness (QED) is 0.267. The highest BCUT2D eigenvalue weighted by Crippen LogP contribution is 2.28. The normalized spacial score (nSPS) is 10.9. The van der Waals surface area contributed by atoms with Crippen LogP contribution in [0.5, 0.6) is 0 Å². The highest BCUT2D eigenvalue weighted by atomic mass is 16.1. The maximum absolute atomic E-state index is 11.4. The molecule has 10 nitrogen and oxygen atoms in total. The molecule has 0 aliphatic heterocycles. The molecule has 0 unspecified atom stereocenters. The van der Waals surface area contributed by atoms with Gasteiger partial charge in [0.15, 0.2) is 17.0 Å². The molecule has 0 fully saturated rings. The molecule has 3 aromatic carbocycles. The maximum atomic E-state index is 11.4. The van der Waals surface area contributed by atoms with E-state index >= 15 is 0 Å². The monoisotopic (exact) mass is 501 g/mol. The fourth-order valence-corrected chi connectivity index (χ4v) is 4.06. The van der Waals surface area contributed by atoms with Gasteiger partial charge in [0.1, 0.15) is 6.33 Å². The van der Waals surface area contributed by atoms with Crippen LogP contribution in [0.4, 0.5) is 28.8 Å². The van der Waals surface area contributed by atoms with Crippen LogP contribution in [-0.2, 0) is 4.79 Å². The number of hydrogen-bond acceptors (Lipinski definition) is 7. The van der Waals surface area contributed by atoms with E-state index in [1.165, 1.54) is 6.92 Å². The molecule has 0 bridgehead atoms. The molecule has 0 spiro atoms. The van der Waals surface area contributed by atoms with E-state index in [1.54, 1.807) is 18.9 Å². The Bertz CT molecular complexity index is 1690. The van der Waals surface area contributed by atoms with E-state index in [2.05, 4.69) is 25.9 Å². The van der Waals surface area contributed by atoms with Gasteiger partial charge in [-0.15, -0.1) is 0 Å². The molecule has 186 valence electrons. The molecule has 1 amide bonds. The Balaban J connectivity index is 1.36. The Morgan fingerprint density at radius 2 is 1.47 bits per heavy atom. The molecule has 38 heavy (non-hydrogen) atoms. The van der Waals surface area contributed by atoms with Crippen molar-refractivity contribution in [3.05, 3.63) is 104 Å². The summed E-state index contributed by atoms with van der Waals surface area (Å²) in [6.07, 6.45) is 7.13. The molecule has 0 saturated heterocycles. The van der Waals surface area contributed by atoms with E-state index in [0.29, 0.717) is 28.6 Å². The molecule has 0 radical (unpaired) electrons. The molecule has 6 aromatic rings. The molecule has 0 saturated carbocycles. The summed E-state index contributed by atoms with van der Waals surface area (Å²) in [6, 6.07) is 25.2. The Morgan fingerprint density at radius 3 is 2.18 bits per heavy atom. The Labute approximate surface area is 218 Å². The minimum absolute atomic E-state index is 0.122. The van der Waals surface area contributed by atoms with E-state index in [-0.39, 0.29) is 5.91 Å². The zero-order chi connectivity index (χ0) is 25.9. The predicted octanol–water partition coefficient (Wildman–Crippen LogP) is 5.45. The number of aromatic nitrogens is 6. The van der Waals surface area contributed by atoms with Gasteiger partial charge in [-0.05, 0) is 60.7 Å². The number of rotatable bonds is 7. The summed E-state index contributed by atoms with van der Waals surface area (Å²) in [7, 11) is 0. The second kappa shape index (κ2) is 9.86. The molecule has 0 aliphatic carbocycles. The van der Waals surface area contributed by atoms with Crippen LogP contribution in [0, 0.1) is 0 Å². The number of imidazole rings is 2. The lowest BCUT2D eigenvalue weighted by atomic mass is 10.2. The van der Waals surface area contributed by atoms with Crippen molar-refractivity contribution in [1.29, 1.82) is 0 Å². The summed E-state index contributed by atoms with van der Waals surface area (Å²) in [4.78, 5) is 29.6. The SMILES string of the molecule is CC(=O)Nc1ccc(Nc2nc(Nc3ccc(-n4ccnc4)cc3)nc3c2ncn3-c2ccccc2)cc1. The number of nitrogens with one attached hydrogen (secondary N) is 3. The number of fused-ring (bicyclic) bond motifs is 1. The third kappa shape index (κ3) is 4.78. The van der Waals surface area contributed by atoms with Crippen LogP contribution in [0.3, 0.4) is 0 Å². The average Bonchev–Trinajstić information content (AvgIpc) is 3.61. The van der Waals surface area contributed by atoms with Crippen molar-refractivity contribution >= 4 is 45.9 Å². The maximum Gasteiger partial charge on any atom is 0.231 e. The topological polar surface area (TPSA) is 115 Å². The van der Waals surface area contributed by atoms with Crippen molar-refractivity contribution in [3.8, 4) is 11.4 Å². The number of nitrogens with zero attached hydrogens (tertiary/aromatic N) is 6. The number of carbonyl (C=O) groups is 1. The van der Waals surface area contributed by atoms with Crippen molar-refractivity contribution in [2.24, 2.45) is 0 Å². The van der Waals surface area contributed by atoms with E-state index in [1.807, 2.05) is 94.2 Å². The summed E-state index contributed by atoms with van der Waals surface area (Å²) in [5, 5.41) is 9.45. The van der Waals surface area contributed by atoms with Crippen LogP contribution < -0.4 is 16.0 Å². The lowest BCUT2D eigenvalue weighted by Crippen LogP contribution is -2.06. The minimum Gasteiger partial charge on any atom is -0.338 e. The molecule has 6 rings (SSSR count). The summed E-state index contributed by atoms with van der Waals surface area (Å²) in [6.45, 7) is 1.48. The van der Waals surface area contributed by atoms with Crippen molar-refractivity contribution in [2.75, 3.05) is 16.0 Å². The molecule has 3 N–H and O–H groups in total. The number of hydrogen-bond donors (Lipinski definition) is 3. The van der Waals surface area contributed by atoms with Gasteiger partial charge in [0.05, 0.1) is 6.33 Å². The third-order valence-electron chi connectivity index (χ3n) is 5.82. The fourth-order valence-electron chi connectivity index (χ4n) is 4.06. The fraction of sp³-hybridized carbons (Fsp3) is 0.0357. The van der Waals surface area contributed by atoms with Crippen LogP contribution in [-0.4, -0.2) is 35.0 Å². The van der Waals surface area contributed by atoms with E-state index in [9.17, 15) is 4.79 Å². The van der Waals surface area contributed by atoms with Crippen LogP contribution in [0.1, 0.15) is 6.92 Å². The molecular weight excluding hydrogens is 478 g/mol. The van der Waals surface area contributed by atoms with Gasteiger partial charge in [-0.1, -0.05) is 18.2 Å². The largest absolute Gasteiger partial charge is 0.338 e. The third-order valence-corrected chi connectivity index (χ3v) is 5.82. The van der Waals surface area contributed by atoms with Gasteiger partial charge >= 0.3 is 0 Å². The molecule has 3 heterocycles. The highest BCUT2D eigenvalue weighted by Gasteiger charge is 2.15. The number of para-hydroxylation sites is 1. The smallest absolute Gasteiger partial charge is 0.231 e. The van der Waals surface area contributed by atoms with Crippen LogP contribution in [0.15, 0.2) is 104 Å². The lowest BCUT2D eigenvalue weighted by molar-refractivity contribution is -0.114. The zero-order valence-electron chi connectivity index (χ0n) is 20.4. The second-order valence-electron chi connectivity index (χ2n) is 8.54. The first-order valence-corrected chi connectivity index (χ1v) is 11.9. The predicted molar refractivity (Wildman–Crippen MR) is 148 cm³/mol. The van der Waals surface area contributed by atoms with E-state index < -0.39 is 0 Å². The van der Waals surface area contributed by atoms with Crippen LogP contribution in [0.2, 0.25) is 0 Å². The molecule has 0 aliphatic rings. The van der Waals surface area contributed by atoms with Gasteiger partial charge in [-0.25, -0.2) is 9.97 Å². The van der Waals surface area contributed by atoms with Crippen molar-refractivity contribution in [2.45, 2.75) is 6.92 Å². The summed E-state index contributed by atoms with van der Waals surface area (Å²) >= 11 is 0. The number of carbonyl (C=O) groups excluding carboxylic acids is 1. The summed E-state index contributed by atoms with van der Waals surface area (Å²) < 4.78 is 3.86. The summed E-state index contributed by atoms with van der Waals surface area (Å²) in [5.74, 6) is 0.848. The van der Waals surface area contributed by atoms with Crippen molar-refractivity contribution in [1.82, 2.24) is 29.1 Å². The Morgan fingerprint density at radius 1 is 0.763 bits per heavy atom. The van der Waals surface area contributed by atoms with Gasteiger partial charge in [0.25, 0.3) is 0 Å². The van der Waals surface area contributed by atoms with Gasteiger partial charge in [-0.3, -0.25) is 9.36 Å². The van der Waals surface area contributed by atoms with Gasteiger partial charge in [0.2, 0.25) is 11.9 Å². The molecule has 0 atom stereocenters. The average molecular weight is 502 g/mol. The van der Waals surface area contributed by atoms with Gasteiger partial charge in [0, 0.05) is 47.8 Å². The standard InChI is InChI=1S/C28H23N9O/c1-19(38)31-20-7-9-21(10-8-20)32-26-25-27(37(18-30-25)24-5-3-2-4-6-24)35-28(34-26)33-22-11-13-23(14-12-22)36-16-15-29-17-36/h2-18H,1H3,(H,31,38)(H2,32,33,34,35). The Kier molecular flexibility index (Phi) is 5.95. The number of amides is 1. The summed E-state index contributed by atoms with van der Waals surface area (Å²) in [5.41, 5.74) is 5.56. The van der Waals surface area contributed by atoms with E-state index in [0.717, 1.165) is 22.7 Å². The van der Waals surface area contributed by atoms with Crippen molar-refractivity contribution in [3.63, 3.8) is 0 Å². The van der Waals surface area contributed by atoms with Crippen LogP contribution >= 0.6 is 0 Å². The molecule has 3 aromatic heterocycles. The minimum atomic E-state index is -0.122. The van der Waals surface area contributed by atoms with Gasteiger partial charge < -0.3 is 20.5 Å². The second-order valence-corrected chi connectivity index (χ2v) is 8.54. The first-order chi connectivity index (χ1) is 18.6. The zero-order valence-corrected chi connectivity index (χ0v) is 20.4. The lowest BCUT2D eigenvalue weighted by Gasteiger charge is -2.12. The van der Waals surface area contributed by atoms with Gasteiger partial charge in [-0.2, -0.15) is 9.97 Å². The first kappa shape index (κ1) is 22.9. The number of anilines is 5. The van der Waals surface area contributed by atoms with E-state index in [4.69, 9.17) is 9.97 Å². The molecule has 10 heteroatoms. The first-order valence-electron chi connectivity index (χ1n) is 11.9. The van der Waals surface area contributed by atoms with Crippen molar-refractivity contribution < 1.29 is 4.79 Å². The Hall–Kier alpha value is -5.51. The highest BCUT2D eigenvalue weighted by molar-refractivity contribution is 5.90. The number of benzene rings is 3. The van der Waals surface area contributed by atoms with Crippen LogP contribution in [0.25, 0.3) is 22.5 Å².